The lowest BCUT2D eigenvalue weighted by molar-refractivity contribution is 0.0599. The van der Waals surface area contributed by atoms with E-state index in [1.165, 1.54) is 31.4 Å². The van der Waals surface area contributed by atoms with Gasteiger partial charge in [0.15, 0.2) is 0 Å². The van der Waals surface area contributed by atoms with Crippen LogP contribution in [0.1, 0.15) is 47.2 Å². The molecule has 1 aromatic carbocycles. The number of aromatic nitrogens is 1. The Morgan fingerprint density at radius 3 is 2.31 bits per heavy atom. The van der Waals surface area contributed by atoms with Crippen LogP contribution in [0.2, 0.25) is 0 Å². The van der Waals surface area contributed by atoms with E-state index in [0.717, 1.165) is 12.3 Å². The zero-order valence-corrected chi connectivity index (χ0v) is 15.6. The molecule has 0 aliphatic heterocycles. The first kappa shape index (κ1) is 19.6. The zero-order chi connectivity index (χ0) is 19.7. The second kappa shape index (κ2) is 6.87. The van der Waals surface area contributed by atoms with Gasteiger partial charge in [0.05, 0.1) is 33.7 Å². The third kappa shape index (κ3) is 3.75. The molecule has 138 valence electrons. The van der Waals surface area contributed by atoms with Gasteiger partial charge < -0.3 is 9.84 Å². The third-order valence-corrected chi connectivity index (χ3v) is 5.40. The molecule has 0 radical (unpaired) electrons. The summed E-state index contributed by atoms with van der Waals surface area (Å²) in [5.41, 5.74) is -0.387. The molecule has 26 heavy (non-hydrogen) atoms. The number of nitrogens with zero attached hydrogens (tertiary/aromatic N) is 1. The van der Waals surface area contributed by atoms with Crippen LogP contribution in [0.4, 0.5) is 0 Å². The second-order valence-corrected chi connectivity index (χ2v) is 8.59. The molecule has 1 heterocycles. The quantitative estimate of drug-likeness (QED) is 0.816. The summed E-state index contributed by atoms with van der Waals surface area (Å²) in [7, 11) is -2.86. The summed E-state index contributed by atoms with van der Waals surface area (Å²) in [6.45, 7) is 5.36. The average Bonchev–Trinajstić information content (AvgIpc) is 2.59. The lowest BCUT2D eigenvalue weighted by atomic mass is 9.88. The minimum atomic E-state index is -4.06. The van der Waals surface area contributed by atoms with Gasteiger partial charge in [-0.1, -0.05) is 26.8 Å². The molecule has 2 rings (SSSR count). The number of carboxylic acids is 1. The molecule has 7 nitrogen and oxygen atoms in total. The van der Waals surface area contributed by atoms with E-state index in [9.17, 15) is 23.1 Å². The maximum Gasteiger partial charge on any atom is 0.337 e. The minimum Gasteiger partial charge on any atom is -0.478 e. The first-order valence-electron chi connectivity index (χ1n) is 7.66. The molecule has 0 aliphatic carbocycles. The summed E-state index contributed by atoms with van der Waals surface area (Å²) < 4.78 is 30.3. The summed E-state index contributed by atoms with van der Waals surface area (Å²) in [6, 6.07) is 6.43. The van der Waals surface area contributed by atoms with Crippen molar-refractivity contribution in [1.82, 2.24) is 4.98 Å². The lowest BCUT2D eigenvalue weighted by Gasteiger charge is -2.20. The normalized spacial score (nSPS) is 11.8. The number of rotatable bonds is 4. The lowest BCUT2D eigenvalue weighted by Crippen LogP contribution is -2.20. The predicted molar refractivity (Wildman–Crippen MR) is 93.1 cm³/mol. The van der Waals surface area contributed by atoms with Gasteiger partial charge in [0.1, 0.15) is 0 Å². The molecular formula is C18H19NO6S. The van der Waals surface area contributed by atoms with Gasteiger partial charge in [-0.3, -0.25) is 4.98 Å². The summed E-state index contributed by atoms with van der Waals surface area (Å²) in [6.07, 6.45) is 1.13. The number of carbonyl (C=O) groups excluding carboxylic acids is 1. The number of aromatic carboxylic acids is 1. The van der Waals surface area contributed by atoms with Crippen LogP contribution < -0.4 is 0 Å². The molecule has 1 N–H and O–H groups in total. The van der Waals surface area contributed by atoms with E-state index in [1.54, 1.807) is 20.8 Å². The zero-order valence-electron chi connectivity index (χ0n) is 14.8. The third-order valence-electron chi connectivity index (χ3n) is 3.68. The highest BCUT2D eigenvalue weighted by Crippen LogP contribution is 2.28. The second-order valence-electron chi connectivity index (χ2n) is 6.65. The Labute approximate surface area is 151 Å². The SMILES string of the molecule is COC(=O)c1cccc(S(=O)(=O)c2cnc(C(C)(C)C)c(C(=O)O)c2)c1. The molecule has 0 bridgehead atoms. The molecule has 0 saturated carbocycles. The van der Waals surface area contributed by atoms with Crippen LogP contribution in [-0.4, -0.2) is 37.6 Å². The Morgan fingerprint density at radius 2 is 1.77 bits per heavy atom. The molecule has 0 aliphatic rings. The first-order chi connectivity index (χ1) is 12.0. The van der Waals surface area contributed by atoms with Crippen LogP contribution in [0.25, 0.3) is 0 Å². The molecule has 0 amide bonds. The minimum absolute atomic E-state index is 0.0753. The van der Waals surface area contributed by atoms with Gasteiger partial charge in [0.25, 0.3) is 0 Å². The van der Waals surface area contributed by atoms with E-state index in [1.807, 2.05) is 0 Å². The molecular weight excluding hydrogens is 358 g/mol. The van der Waals surface area contributed by atoms with Crippen LogP contribution in [-0.2, 0) is 20.0 Å². The molecule has 1 aromatic heterocycles. The average molecular weight is 377 g/mol. The number of carbonyl (C=O) groups is 2. The number of methoxy groups -OCH3 is 1. The van der Waals surface area contributed by atoms with Crippen molar-refractivity contribution in [2.75, 3.05) is 7.11 Å². The van der Waals surface area contributed by atoms with Gasteiger partial charge in [-0.15, -0.1) is 0 Å². The fourth-order valence-corrected chi connectivity index (χ4v) is 3.67. The summed E-state index contributed by atoms with van der Waals surface area (Å²) in [5, 5.41) is 9.44. The summed E-state index contributed by atoms with van der Waals surface area (Å²) in [4.78, 5) is 26.9. The van der Waals surface area contributed by atoms with Crippen LogP contribution in [0.3, 0.4) is 0 Å². The summed E-state index contributed by atoms with van der Waals surface area (Å²) in [5.74, 6) is -1.93. The van der Waals surface area contributed by atoms with Gasteiger partial charge in [0.2, 0.25) is 9.84 Å². The van der Waals surface area contributed by atoms with Gasteiger partial charge in [-0.05, 0) is 24.3 Å². The van der Waals surface area contributed by atoms with E-state index in [-0.39, 0.29) is 26.6 Å². The standard InChI is InChI=1S/C18H19NO6S/c1-18(2,3)15-14(16(20)21)9-13(10-19-15)26(23,24)12-7-5-6-11(8-12)17(22)25-4/h5-10H,1-4H3,(H,20,21). The topological polar surface area (TPSA) is 111 Å². The number of ether oxygens (including phenoxy) is 1. The Balaban J connectivity index is 2.62. The number of hydrogen-bond donors (Lipinski definition) is 1. The highest BCUT2D eigenvalue weighted by atomic mass is 32.2. The Morgan fingerprint density at radius 1 is 1.12 bits per heavy atom. The number of carboxylic acid groups (broad SMARTS) is 1. The predicted octanol–water partition coefficient (Wildman–Crippen LogP) is 2.70. The summed E-state index contributed by atoms with van der Waals surface area (Å²) >= 11 is 0. The highest BCUT2D eigenvalue weighted by molar-refractivity contribution is 7.91. The van der Waals surface area contributed by atoms with Gasteiger partial charge >= 0.3 is 11.9 Å². The molecule has 0 unspecified atom stereocenters. The molecule has 0 atom stereocenters. The van der Waals surface area contributed by atoms with Crippen molar-refractivity contribution in [2.24, 2.45) is 0 Å². The number of benzene rings is 1. The number of hydrogen-bond acceptors (Lipinski definition) is 6. The molecule has 8 heteroatoms. The van der Waals surface area contributed by atoms with Crippen LogP contribution in [0.15, 0.2) is 46.3 Å². The van der Waals surface area contributed by atoms with Gasteiger partial charge in [-0.2, -0.15) is 0 Å². The monoisotopic (exact) mass is 377 g/mol. The van der Waals surface area contributed by atoms with Gasteiger partial charge in [0, 0.05) is 11.6 Å². The highest BCUT2D eigenvalue weighted by Gasteiger charge is 2.27. The van der Waals surface area contributed by atoms with Crippen molar-refractivity contribution >= 4 is 21.8 Å². The number of esters is 1. The Bertz CT molecular complexity index is 973. The Kier molecular flexibility index (Phi) is 5.18. The van der Waals surface area contributed by atoms with E-state index in [4.69, 9.17) is 0 Å². The van der Waals surface area contributed by atoms with Crippen molar-refractivity contribution in [3.8, 4) is 0 Å². The van der Waals surface area contributed by atoms with Crippen LogP contribution >= 0.6 is 0 Å². The van der Waals surface area contributed by atoms with Crippen molar-refractivity contribution in [3.63, 3.8) is 0 Å². The number of pyridine rings is 1. The van der Waals surface area contributed by atoms with E-state index >= 15 is 0 Å². The Hall–Kier alpha value is -2.74. The number of sulfone groups is 1. The van der Waals surface area contributed by atoms with E-state index < -0.39 is 27.2 Å². The fourth-order valence-electron chi connectivity index (χ4n) is 2.40. The molecule has 2 aromatic rings. The molecule has 0 saturated heterocycles. The fraction of sp³-hybridized carbons (Fsp3) is 0.278. The van der Waals surface area contributed by atoms with Crippen LogP contribution in [0, 0.1) is 0 Å². The largest absolute Gasteiger partial charge is 0.478 e. The molecule has 0 spiro atoms. The van der Waals surface area contributed by atoms with Crippen molar-refractivity contribution in [1.29, 1.82) is 0 Å². The van der Waals surface area contributed by atoms with E-state index in [2.05, 4.69) is 9.72 Å². The van der Waals surface area contributed by atoms with Crippen molar-refractivity contribution in [3.05, 3.63) is 53.3 Å². The van der Waals surface area contributed by atoms with E-state index in [0.29, 0.717) is 0 Å². The maximum absolute atomic E-state index is 12.8. The van der Waals surface area contributed by atoms with Crippen LogP contribution in [0.5, 0.6) is 0 Å². The maximum atomic E-state index is 12.8. The first-order valence-corrected chi connectivity index (χ1v) is 9.14. The molecule has 0 fully saturated rings. The van der Waals surface area contributed by atoms with Gasteiger partial charge in [-0.25, -0.2) is 18.0 Å². The van der Waals surface area contributed by atoms with Crippen molar-refractivity contribution < 1.29 is 27.9 Å². The van der Waals surface area contributed by atoms with Crippen molar-refractivity contribution in [2.45, 2.75) is 36.0 Å². The smallest absolute Gasteiger partial charge is 0.337 e.